The van der Waals surface area contributed by atoms with E-state index in [0.29, 0.717) is 18.0 Å². The van der Waals surface area contributed by atoms with Crippen LogP contribution in [0.2, 0.25) is 0 Å². The molecule has 1 amide bonds. The summed E-state index contributed by atoms with van der Waals surface area (Å²) in [6.45, 7) is 5.61. The second-order valence-corrected chi connectivity index (χ2v) is 8.50. The van der Waals surface area contributed by atoms with E-state index in [-0.39, 0.29) is 11.9 Å². The predicted octanol–water partition coefficient (Wildman–Crippen LogP) is 4.74. The molecule has 166 valence electrons. The van der Waals surface area contributed by atoms with Gasteiger partial charge >= 0.3 is 0 Å². The average molecular weight is 495 g/mol. The normalized spacial score (nSPS) is 15.2. The number of ether oxygens (including phenoxy) is 1. The highest BCUT2D eigenvalue weighted by Crippen LogP contribution is 2.29. The maximum Gasteiger partial charge on any atom is 0.246 e. The van der Waals surface area contributed by atoms with Crippen LogP contribution in [0.15, 0.2) is 77.4 Å². The lowest BCUT2D eigenvalue weighted by atomic mass is 10.0. The molecule has 1 fully saturated rings. The summed E-state index contributed by atoms with van der Waals surface area (Å²) < 4.78 is 6.66. The van der Waals surface area contributed by atoms with Gasteiger partial charge in [-0.2, -0.15) is 0 Å². The van der Waals surface area contributed by atoms with Crippen molar-refractivity contribution in [1.82, 2.24) is 9.88 Å². The van der Waals surface area contributed by atoms with Crippen molar-refractivity contribution in [1.29, 1.82) is 0 Å². The third-order valence-electron chi connectivity index (χ3n) is 5.52. The Morgan fingerprint density at radius 3 is 2.44 bits per heavy atom. The molecule has 7 heteroatoms. The van der Waals surface area contributed by atoms with E-state index < -0.39 is 0 Å². The summed E-state index contributed by atoms with van der Waals surface area (Å²) in [6, 6.07) is 21.2. The molecule has 1 unspecified atom stereocenters. The zero-order valence-electron chi connectivity index (χ0n) is 18.1. The predicted molar refractivity (Wildman–Crippen MR) is 131 cm³/mol. The highest BCUT2D eigenvalue weighted by Gasteiger charge is 2.31. The topological polar surface area (TPSA) is 57.7 Å². The summed E-state index contributed by atoms with van der Waals surface area (Å²) in [5.41, 5.74) is 1.67. The molecule has 1 saturated heterocycles. The van der Waals surface area contributed by atoms with Crippen LogP contribution in [0.4, 0.5) is 11.5 Å². The van der Waals surface area contributed by atoms with E-state index in [1.807, 2.05) is 79.9 Å². The van der Waals surface area contributed by atoms with Crippen LogP contribution < -0.4 is 15.0 Å². The van der Waals surface area contributed by atoms with Gasteiger partial charge in [0.25, 0.3) is 0 Å². The molecular weight excluding hydrogens is 468 g/mol. The standard InChI is InChI=1S/C25H27BrN4O2/c1-2-32-22-11-7-6-10-21(22)28-25(31)24(19-8-4-3-5-9-19)30-16-14-29(15-17-30)23-13-12-20(26)18-27-23/h3-13,18,24H,2,14-17H2,1H3,(H,28,31). The molecule has 1 aromatic heterocycles. The van der Waals surface area contributed by atoms with Crippen molar-refractivity contribution < 1.29 is 9.53 Å². The van der Waals surface area contributed by atoms with Crippen LogP contribution in [0.5, 0.6) is 5.75 Å². The highest BCUT2D eigenvalue weighted by molar-refractivity contribution is 9.10. The molecule has 3 aromatic rings. The second-order valence-electron chi connectivity index (χ2n) is 7.59. The van der Waals surface area contributed by atoms with Crippen LogP contribution >= 0.6 is 15.9 Å². The van der Waals surface area contributed by atoms with Crippen molar-refractivity contribution in [2.45, 2.75) is 13.0 Å². The molecule has 1 atom stereocenters. The van der Waals surface area contributed by atoms with E-state index in [4.69, 9.17) is 4.74 Å². The maximum atomic E-state index is 13.5. The summed E-state index contributed by atoms with van der Waals surface area (Å²) in [7, 11) is 0. The van der Waals surface area contributed by atoms with Crippen LogP contribution in [0.3, 0.4) is 0 Å². The van der Waals surface area contributed by atoms with E-state index in [9.17, 15) is 4.79 Å². The molecule has 0 radical (unpaired) electrons. The number of hydrogen-bond acceptors (Lipinski definition) is 5. The number of aromatic nitrogens is 1. The number of nitrogens with zero attached hydrogens (tertiary/aromatic N) is 3. The first-order chi connectivity index (χ1) is 15.7. The minimum atomic E-state index is -0.383. The van der Waals surface area contributed by atoms with E-state index in [0.717, 1.165) is 42.0 Å². The summed E-state index contributed by atoms with van der Waals surface area (Å²) in [5, 5.41) is 3.10. The lowest BCUT2D eigenvalue weighted by Crippen LogP contribution is -2.50. The number of hydrogen-bond donors (Lipinski definition) is 1. The van der Waals surface area contributed by atoms with Gasteiger partial charge in [0.1, 0.15) is 17.6 Å². The zero-order valence-corrected chi connectivity index (χ0v) is 19.7. The first-order valence-corrected chi connectivity index (χ1v) is 11.6. The third kappa shape index (κ3) is 5.29. The van der Waals surface area contributed by atoms with Crippen molar-refractivity contribution in [3.05, 3.63) is 83.0 Å². The van der Waals surface area contributed by atoms with Gasteiger partial charge in [0.05, 0.1) is 12.3 Å². The number of halogens is 1. The number of amides is 1. The Morgan fingerprint density at radius 1 is 1.03 bits per heavy atom. The number of carbonyl (C=O) groups is 1. The van der Waals surface area contributed by atoms with E-state index in [1.165, 1.54) is 0 Å². The first-order valence-electron chi connectivity index (χ1n) is 10.8. The Hall–Kier alpha value is -2.90. The molecule has 2 heterocycles. The number of pyridine rings is 1. The van der Waals surface area contributed by atoms with Gasteiger partial charge in [-0.25, -0.2) is 4.98 Å². The van der Waals surface area contributed by atoms with Crippen LogP contribution in [0, 0.1) is 0 Å². The van der Waals surface area contributed by atoms with Crippen LogP contribution in [0.25, 0.3) is 0 Å². The largest absolute Gasteiger partial charge is 0.492 e. The summed E-state index contributed by atoms with van der Waals surface area (Å²) in [6.07, 6.45) is 1.82. The highest BCUT2D eigenvalue weighted by atomic mass is 79.9. The summed E-state index contributed by atoms with van der Waals surface area (Å²) >= 11 is 3.44. The van der Waals surface area contributed by atoms with Gasteiger partial charge in [-0.05, 0) is 52.7 Å². The Kier molecular flexibility index (Phi) is 7.39. The number of carbonyl (C=O) groups excluding carboxylic acids is 1. The Morgan fingerprint density at radius 2 is 1.75 bits per heavy atom. The Balaban J connectivity index is 1.52. The van der Waals surface area contributed by atoms with Crippen molar-refractivity contribution in [3.8, 4) is 5.75 Å². The molecule has 1 aliphatic heterocycles. The van der Waals surface area contributed by atoms with E-state index in [1.54, 1.807) is 0 Å². The number of anilines is 2. The van der Waals surface area contributed by atoms with Gasteiger partial charge in [-0.15, -0.1) is 0 Å². The molecular formula is C25H27BrN4O2. The smallest absolute Gasteiger partial charge is 0.246 e. The van der Waals surface area contributed by atoms with Crippen molar-refractivity contribution >= 4 is 33.3 Å². The van der Waals surface area contributed by atoms with Gasteiger partial charge in [0.2, 0.25) is 5.91 Å². The number of nitrogens with one attached hydrogen (secondary N) is 1. The molecule has 1 N–H and O–H groups in total. The first kappa shape index (κ1) is 22.3. The second kappa shape index (κ2) is 10.6. The van der Waals surface area contributed by atoms with Crippen LogP contribution in [-0.4, -0.2) is 48.6 Å². The molecule has 32 heavy (non-hydrogen) atoms. The van der Waals surface area contributed by atoms with Crippen molar-refractivity contribution in [2.24, 2.45) is 0 Å². The fraction of sp³-hybridized carbons (Fsp3) is 0.280. The molecule has 4 rings (SSSR count). The number of para-hydroxylation sites is 2. The molecule has 0 bridgehead atoms. The minimum Gasteiger partial charge on any atom is -0.492 e. The lowest BCUT2D eigenvalue weighted by molar-refractivity contribution is -0.121. The van der Waals surface area contributed by atoms with Gasteiger partial charge in [0.15, 0.2) is 0 Å². The van der Waals surface area contributed by atoms with Gasteiger partial charge in [0, 0.05) is 36.8 Å². The average Bonchev–Trinajstić information content (AvgIpc) is 2.82. The molecule has 0 spiro atoms. The van der Waals surface area contributed by atoms with Crippen LogP contribution in [0.1, 0.15) is 18.5 Å². The fourth-order valence-corrected chi connectivity index (χ4v) is 4.21. The molecule has 1 aliphatic rings. The third-order valence-corrected chi connectivity index (χ3v) is 5.99. The SMILES string of the molecule is CCOc1ccccc1NC(=O)C(c1ccccc1)N1CCN(c2ccc(Br)cn2)CC1. The number of piperazine rings is 1. The van der Waals surface area contributed by atoms with E-state index in [2.05, 4.69) is 36.0 Å². The van der Waals surface area contributed by atoms with Crippen LogP contribution in [-0.2, 0) is 4.79 Å². The Labute approximate surface area is 197 Å². The minimum absolute atomic E-state index is 0.0569. The monoisotopic (exact) mass is 494 g/mol. The molecule has 2 aromatic carbocycles. The number of rotatable bonds is 7. The number of benzene rings is 2. The molecule has 6 nitrogen and oxygen atoms in total. The van der Waals surface area contributed by atoms with E-state index >= 15 is 0 Å². The summed E-state index contributed by atoms with van der Waals surface area (Å²) in [5.74, 6) is 1.58. The zero-order chi connectivity index (χ0) is 22.3. The molecule has 0 aliphatic carbocycles. The maximum absolute atomic E-state index is 13.5. The summed E-state index contributed by atoms with van der Waals surface area (Å²) in [4.78, 5) is 22.5. The van der Waals surface area contributed by atoms with Crippen molar-refractivity contribution in [2.75, 3.05) is 43.0 Å². The van der Waals surface area contributed by atoms with Gasteiger partial charge < -0.3 is 15.0 Å². The van der Waals surface area contributed by atoms with Gasteiger partial charge in [-0.1, -0.05) is 42.5 Å². The molecule has 0 saturated carbocycles. The van der Waals surface area contributed by atoms with Crippen molar-refractivity contribution in [3.63, 3.8) is 0 Å². The fourth-order valence-electron chi connectivity index (χ4n) is 3.98. The Bertz CT molecular complexity index is 1020. The van der Waals surface area contributed by atoms with Gasteiger partial charge in [-0.3, -0.25) is 9.69 Å². The quantitative estimate of drug-likeness (QED) is 0.513. The lowest BCUT2D eigenvalue weighted by Gasteiger charge is -2.39.